The van der Waals surface area contributed by atoms with Crippen molar-refractivity contribution >= 4 is 29.1 Å². The Balaban J connectivity index is 1.71. The van der Waals surface area contributed by atoms with Crippen LogP contribution >= 0.6 is 11.6 Å². The number of ether oxygens (including phenoxy) is 1. The number of nitrogens with one attached hydrogen (secondary N) is 3. The zero-order valence-corrected chi connectivity index (χ0v) is 13.1. The van der Waals surface area contributed by atoms with Gasteiger partial charge in [0.25, 0.3) is 0 Å². The molecular weight excluding hydrogens is 316 g/mol. The van der Waals surface area contributed by atoms with Crippen LogP contribution in [0.25, 0.3) is 0 Å². The standard InChI is InChI=1S/C15H15ClN6O/c1-23-12-4-2-3-10(5-12)6-17-14-13(16)9-18-15(22-14)21-11-7-19-20-8-11/h2-5,7-9H,6H2,1H3,(H,19,20)(H2,17,18,21,22). The number of anilines is 3. The lowest BCUT2D eigenvalue weighted by Gasteiger charge is -2.10. The molecule has 1 aromatic carbocycles. The summed E-state index contributed by atoms with van der Waals surface area (Å²) in [5.74, 6) is 1.79. The van der Waals surface area contributed by atoms with Gasteiger partial charge >= 0.3 is 0 Å². The molecule has 3 rings (SSSR count). The average molecular weight is 331 g/mol. The van der Waals surface area contributed by atoms with Gasteiger partial charge < -0.3 is 15.4 Å². The number of methoxy groups -OCH3 is 1. The lowest BCUT2D eigenvalue weighted by molar-refractivity contribution is 0.414. The molecule has 0 spiro atoms. The smallest absolute Gasteiger partial charge is 0.229 e. The lowest BCUT2D eigenvalue weighted by atomic mass is 10.2. The van der Waals surface area contributed by atoms with Gasteiger partial charge in [-0.05, 0) is 17.7 Å². The van der Waals surface area contributed by atoms with Crippen LogP contribution in [0, 0.1) is 0 Å². The second-order valence-corrected chi connectivity index (χ2v) is 5.11. The predicted molar refractivity (Wildman–Crippen MR) is 89.2 cm³/mol. The Morgan fingerprint density at radius 3 is 3.00 bits per heavy atom. The number of halogens is 1. The Labute approximate surface area is 138 Å². The Hall–Kier alpha value is -2.80. The maximum absolute atomic E-state index is 6.14. The van der Waals surface area contributed by atoms with Crippen molar-refractivity contribution in [1.82, 2.24) is 20.2 Å². The van der Waals surface area contributed by atoms with Gasteiger partial charge in [-0.15, -0.1) is 0 Å². The first-order valence-electron chi connectivity index (χ1n) is 6.90. The molecule has 118 valence electrons. The van der Waals surface area contributed by atoms with E-state index in [1.807, 2.05) is 24.3 Å². The third-order valence-electron chi connectivity index (χ3n) is 3.09. The van der Waals surface area contributed by atoms with Gasteiger partial charge in [-0.2, -0.15) is 10.1 Å². The monoisotopic (exact) mass is 330 g/mol. The van der Waals surface area contributed by atoms with Crippen LogP contribution in [-0.2, 0) is 6.54 Å². The summed E-state index contributed by atoms with van der Waals surface area (Å²) in [6, 6.07) is 7.78. The minimum absolute atomic E-state index is 0.434. The van der Waals surface area contributed by atoms with E-state index in [-0.39, 0.29) is 0 Å². The number of benzene rings is 1. The summed E-state index contributed by atoms with van der Waals surface area (Å²) >= 11 is 6.14. The first-order chi connectivity index (χ1) is 11.2. The number of aromatic nitrogens is 4. The molecule has 0 fully saturated rings. The highest BCUT2D eigenvalue weighted by atomic mass is 35.5. The molecule has 2 heterocycles. The van der Waals surface area contributed by atoms with Crippen molar-refractivity contribution in [2.45, 2.75) is 6.54 Å². The van der Waals surface area contributed by atoms with Crippen LogP contribution in [0.2, 0.25) is 5.02 Å². The molecule has 8 heteroatoms. The van der Waals surface area contributed by atoms with E-state index in [0.29, 0.717) is 23.3 Å². The summed E-state index contributed by atoms with van der Waals surface area (Å²) in [5.41, 5.74) is 1.83. The third kappa shape index (κ3) is 3.89. The van der Waals surface area contributed by atoms with E-state index >= 15 is 0 Å². The van der Waals surface area contributed by atoms with E-state index < -0.39 is 0 Å². The molecule has 0 radical (unpaired) electrons. The summed E-state index contributed by atoms with van der Waals surface area (Å²) in [4.78, 5) is 8.51. The summed E-state index contributed by atoms with van der Waals surface area (Å²) in [6.07, 6.45) is 4.90. The van der Waals surface area contributed by atoms with Crippen LogP contribution in [0.1, 0.15) is 5.56 Å². The Morgan fingerprint density at radius 2 is 2.22 bits per heavy atom. The predicted octanol–water partition coefficient (Wildman–Crippen LogP) is 3.22. The van der Waals surface area contributed by atoms with Crippen LogP contribution < -0.4 is 15.4 Å². The topological polar surface area (TPSA) is 87.8 Å². The first kappa shape index (κ1) is 15.1. The summed E-state index contributed by atoms with van der Waals surface area (Å²) < 4.78 is 5.21. The molecule has 0 bridgehead atoms. The van der Waals surface area contributed by atoms with Gasteiger partial charge in [0.1, 0.15) is 10.8 Å². The molecule has 0 saturated heterocycles. The number of rotatable bonds is 6. The fourth-order valence-corrected chi connectivity index (χ4v) is 2.13. The van der Waals surface area contributed by atoms with Crippen molar-refractivity contribution in [2.75, 3.05) is 17.7 Å². The molecule has 0 aliphatic carbocycles. The second kappa shape index (κ2) is 6.97. The van der Waals surface area contributed by atoms with E-state index in [0.717, 1.165) is 17.0 Å². The molecule has 0 aliphatic rings. The zero-order chi connectivity index (χ0) is 16.1. The summed E-state index contributed by atoms with van der Waals surface area (Å²) in [6.45, 7) is 0.569. The Bertz CT molecular complexity index is 777. The highest BCUT2D eigenvalue weighted by molar-refractivity contribution is 6.32. The van der Waals surface area contributed by atoms with Crippen molar-refractivity contribution in [2.24, 2.45) is 0 Å². The largest absolute Gasteiger partial charge is 0.497 e. The van der Waals surface area contributed by atoms with Crippen molar-refractivity contribution in [3.63, 3.8) is 0 Å². The normalized spacial score (nSPS) is 10.3. The van der Waals surface area contributed by atoms with Crippen LogP contribution in [0.15, 0.2) is 42.9 Å². The fourth-order valence-electron chi connectivity index (χ4n) is 1.97. The van der Waals surface area contributed by atoms with Crippen molar-refractivity contribution in [3.8, 4) is 5.75 Å². The fraction of sp³-hybridized carbons (Fsp3) is 0.133. The van der Waals surface area contributed by atoms with E-state index in [1.165, 1.54) is 0 Å². The van der Waals surface area contributed by atoms with Gasteiger partial charge in [0.2, 0.25) is 5.95 Å². The van der Waals surface area contributed by atoms with Crippen LogP contribution in [0.4, 0.5) is 17.5 Å². The minimum atomic E-state index is 0.434. The number of hydrogen-bond donors (Lipinski definition) is 3. The minimum Gasteiger partial charge on any atom is -0.497 e. The molecule has 3 N–H and O–H groups in total. The molecule has 2 aromatic heterocycles. The van der Waals surface area contributed by atoms with E-state index in [9.17, 15) is 0 Å². The SMILES string of the molecule is COc1cccc(CNc2nc(Nc3cn[nH]c3)ncc2Cl)c1. The van der Waals surface area contributed by atoms with E-state index in [4.69, 9.17) is 16.3 Å². The molecule has 0 unspecified atom stereocenters. The van der Waals surface area contributed by atoms with Crippen LogP contribution in [0.5, 0.6) is 5.75 Å². The first-order valence-corrected chi connectivity index (χ1v) is 7.27. The number of nitrogens with zero attached hydrogens (tertiary/aromatic N) is 3. The summed E-state index contributed by atoms with van der Waals surface area (Å²) in [5, 5.41) is 13.2. The third-order valence-corrected chi connectivity index (χ3v) is 3.37. The van der Waals surface area contributed by atoms with Gasteiger partial charge in [0, 0.05) is 12.7 Å². The molecule has 23 heavy (non-hydrogen) atoms. The molecule has 0 saturated carbocycles. The van der Waals surface area contributed by atoms with Gasteiger partial charge in [-0.1, -0.05) is 23.7 Å². The average Bonchev–Trinajstić information content (AvgIpc) is 3.08. The highest BCUT2D eigenvalue weighted by Crippen LogP contribution is 2.22. The molecule has 0 amide bonds. The number of hydrogen-bond acceptors (Lipinski definition) is 6. The van der Waals surface area contributed by atoms with Crippen molar-refractivity contribution < 1.29 is 4.74 Å². The molecule has 0 aliphatic heterocycles. The maximum Gasteiger partial charge on any atom is 0.229 e. The van der Waals surface area contributed by atoms with Gasteiger partial charge in [-0.25, -0.2) is 4.98 Å². The highest BCUT2D eigenvalue weighted by Gasteiger charge is 2.06. The van der Waals surface area contributed by atoms with E-state index in [1.54, 1.807) is 25.7 Å². The molecule has 3 aromatic rings. The van der Waals surface area contributed by atoms with Gasteiger partial charge in [0.05, 0.1) is 25.2 Å². The zero-order valence-electron chi connectivity index (χ0n) is 12.4. The molecule has 0 atom stereocenters. The van der Waals surface area contributed by atoms with Crippen LogP contribution in [-0.4, -0.2) is 27.3 Å². The Kier molecular flexibility index (Phi) is 4.58. The van der Waals surface area contributed by atoms with Gasteiger partial charge in [0.15, 0.2) is 5.82 Å². The van der Waals surface area contributed by atoms with E-state index in [2.05, 4.69) is 30.8 Å². The lowest BCUT2D eigenvalue weighted by Crippen LogP contribution is -2.05. The number of aromatic amines is 1. The second-order valence-electron chi connectivity index (χ2n) is 4.71. The van der Waals surface area contributed by atoms with Crippen LogP contribution in [0.3, 0.4) is 0 Å². The van der Waals surface area contributed by atoms with Crippen molar-refractivity contribution in [3.05, 3.63) is 53.4 Å². The quantitative estimate of drug-likeness (QED) is 0.643. The maximum atomic E-state index is 6.14. The Morgan fingerprint density at radius 1 is 1.30 bits per heavy atom. The molecule has 7 nitrogen and oxygen atoms in total. The number of H-pyrrole nitrogens is 1. The van der Waals surface area contributed by atoms with Gasteiger partial charge in [-0.3, -0.25) is 5.10 Å². The summed E-state index contributed by atoms with van der Waals surface area (Å²) in [7, 11) is 1.64. The molecular formula is C15H15ClN6O. The van der Waals surface area contributed by atoms with Crippen molar-refractivity contribution in [1.29, 1.82) is 0 Å².